The van der Waals surface area contributed by atoms with E-state index in [2.05, 4.69) is 137 Å². The Balaban J connectivity index is 1.12. The van der Waals surface area contributed by atoms with Gasteiger partial charge in [0.05, 0.1) is 33.8 Å². The summed E-state index contributed by atoms with van der Waals surface area (Å²) in [5, 5.41) is 7.35. The predicted molar refractivity (Wildman–Crippen MR) is 238 cm³/mol. The molecule has 7 nitrogen and oxygen atoms in total. The SMILES string of the molecule is C=NC(=NC(=NCc1ccccc1)c1ccc(C2N=C(c3cccc4c5ccccc5n(-c5ccccc5)c34)Nc3c2sc2ccccc32)nc1)c1ccccc1. The van der Waals surface area contributed by atoms with E-state index in [0.717, 1.165) is 66.5 Å². The van der Waals surface area contributed by atoms with E-state index in [4.69, 9.17) is 20.0 Å². The van der Waals surface area contributed by atoms with Crippen molar-refractivity contribution in [2.24, 2.45) is 20.0 Å². The van der Waals surface area contributed by atoms with Gasteiger partial charge in [0.2, 0.25) is 0 Å². The number of pyridine rings is 1. The number of aliphatic imine (C=N–C) groups is 4. The molecular weight excluding hydrogens is 719 g/mol. The molecule has 8 heteroatoms. The molecule has 6 aromatic carbocycles. The molecule has 1 N–H and O–H groups in total. The van der Waals surface area contributed by atoms with Crippen LogP contribution >= 0.6 is 11.3 Å². The van der Waals surface area contributed by atoms with E-state index in [1.165, 1.54) is 15.5 Å². The van der Waals surface area contributed by atoms with Gasteiger partial charge in [-0.1, -0.05) is 127 Å². The Labute approximate surface area is 333 Å². The van der Waals surface area contributed by atoms with E-state index in [9.17, 15) is 0 Å². The molecule has 1 aliphatic rings. The Morgan fingerprint density at radius 2 is 1.37 bits per heavy atom. The Kier molecular flexibility index (Phi) is 8.85. The third-order valence-electron chi connectivity index (χ3n) is 10.3. The van der Waals surface area contributed by atoms with Crippen LogP contribution in [-0.4, -0.2) is 33.8 Å². The molecule has 0 radical (unpaired) electrons. The monoisotopic (exact) mass is 753 g/mol. The molecule has 9 aromatic rings. The first-order chi connectivity index (χ1) is 28.2. The van der Waals surface area contributed by atoms with Crippen molar-refractivity contribution in [1.29, 1.82) is 0 Å². The highest BCUT2D eigenvalue weighted by atomic mass is 32.1. The Hall–Kier alpha value is -7.29. The van der Waals surface area contributed by atoms with Crippen LogP contribution in [0.3, 0.4) is 0 Å². The molecule has 0 amide bonds. The molecule has 0 spiro atoms. The average Bonchev–Trinajstić information content (AvgIpc) is 3.83. The van der Waals surface area contributed by atoms with Crippen LogP contribution in [0.15, 0.2) is 196 Å². The number of nitrogens with zero attached hydrogens (tertiary/aromatic N) is 6. The highest BCUT2D eigenvalue weighted by Gasteiger charge is 2.30. The molecule has 0 saturated carbocycles. The molecule has 0 aliphatic carbocycles. The van der Waals surface area contributed by atoms with Crippen molar-refractivity contribution in [2.75, 3.05) is 5.32 Å². The summed E-state index contributed by atoms with van der Waals surface area (Å²) < 4.78 is 3.55. The van der Waals surface area contributed by atoms with Crippen molar-refractivity contribution in [1.82, 2.24) is 9.55 Å². The number of anilines is 1. The number of rotatable bonds is 7. The van der Waals surface area contributed by atoms with Crippen LogP contribution in [0, 0.1) is 0 Å². The zero-order chi connectivity index (χ0) is 38.1. The second-order valence-corrected chi connectivity index (χ2v) is 14.9. The van der Waals surface area contributed by atoms with Crippen LogP contribution in [0.25, 0.3) is 37.6 Å². The normalized spacial score (nSPS) is 14.4. The molecule has 57 heavy (non-hydrogen) atoms. The van der Waals surface area contributed by atoms with Gasteiger partial charge in [-0.3, -0.25) is 15.0 Å². The van der Waals surface area contributed by atoms with Gasteiger partial charge < -0.3 is 9.88 Å². The molecule has 4 heterocycles. The Morgan fingerprint density at radius 3 is 2.14 bits per heavy atom. The Morgan fingerprint density at radius 1 is 0.667 bits per heavy atom. The number of benzene rings is 6. The van der Waals surface area contributed by atoms with Gasteiger partial charge in [0, 0.05) is 49.4 Å². The summed E-state index contributed by atoms with van der Waals surface area (Å²) in [5.74, 6) is 1.82. The number of aromatic nitrogens is 2. The third kappa shape index (κ3) is 6.32. The summed E-state index contributed by atoms with van der Waals surface area (Å²) in [6.07, 6.45) is 1.85. The van der Waals surface area contributed by atoms with Crippen LogP contribution in [0.1, 0.15) is 38.9 Å². The minimum atomic E-state index is -0.351. The maximum absolute atomic E-state index is 5.52. The van der Waals surface area contributed by atoms with Crippen molar-refractivity contribution in [3.63, 3.8) is 0 Å². The maximum atomic E-state index is 5.52. The molecule has 10 rings (SSSR count). The third-order valence-corrected chi connectivity index (χ3v) is 11.5. The van der Waals surface area contributed by atoms with Gasteiger partial charge in [0.1, 0.15) is 11.9 Å². The lowest BCUT2D eigenvalue weighted by molar-refractivity contribution is 0.841. The number of thiophene rings is 1. The van der Waals surface area contributed by atoms with Crippen LogP contribution in [-0.2, 0) is 6.54 Å². The van der Waals surface area contributed by atoms with Crippen molar-refractivity contribution in [3.05, 3.63) is 209 Å². The fraction of sp³-hybridized carbons (Fsp3) is 0.0408. The van der Waals surface area contributed by atoms with E-state index in [1.807, 2.05) is 60.8 Å². The minimum absolute atomic E-state index is 0.351. The molecule has 0 saturated heterocycles. The Bertz CT molecular complexity index is 3020. The summed E-state index contributed by atoms with van der Waals surface area (Å²) in [6, 6.07) is 57.9. The first kappa shape index (κ1) is 34.2. The molecule has 1 aliphatic heterocycles. The van der Waals surface area contributed by atoms with Gasteiger partial charge in [-0.15, -0.1) is 11.3 Å². The predicted octanol–water partition coefficient (Wildman–Crippen LogP) is 11.4. The van der Waals surface area contributed by atoms with Gasteiger partial charge in [0.25, 0.3) is 0 Å². The number of fused-ring (bicyclic) bond motifs is 6. The van der Waals surface area contributed by atoms with Crippen molar-refractivity contribution >= 4 is 73.1 Å². The largest absolute Gasteiger partial charge is 0.338 e. The standard InChI is InChI=1S/C49H35N7S/c1-50-47(33-18-7-3-8-19-33)55-48(52-30-32-16-5-2-6-17-32)34-28-29-40(51-31-34)44-46-43(38-23-12-14-27-42(38)57-46)53-49(54-44)39-25-15-24-37-36-22-11-13-26-41(36)56(45(37)39)35-20-9-4-10-21-35/h2-29,31,44H,1,30H2,(H,53,54). The van der Waals surface area contributed by atoms with Crippen molar-refractivity contribution < 1.29 is 0 Å². The molecule has 0 bridgehead atoms. The smallest absolute Gasteiger partial charge is 0.161 e. The van der Waals surface area contributed by atoms with E-state index in [-0.39, 0.29) is 6.04 Å². The number of hydrogen-bond acceptors (Lipinski definition) is 5. The molecule has 3 aromatic heterocycles. The molecule has 1 unspecified atom stereocenters. The van der Waals surface area contributed by atoms with Gasteiger partial charge in [-0.05, 0) is 54.7 Å². The molecule has 1 atom stereocenters. The maximum Gasteiger partial charge on any atom is 0.161 e. The van der Waals surface area contributed by atoms with E-state index in [0.29, 0.717) is 18.2 Å². The van der Waals surface area contributed by atoms with E-state index < -0.39 is 0 Å². The average molecular weight is 754 g/mol. The number of hydrogen-bond donors (Lipinski definition) is 1. The van der Waals surface area contributed by atoms with Crippen LogP contribution in [0.4, 0.5) is 5.69 Å². The fourth-order valence-corrected chi connectivity index (χ4v) is 8.85. The highest BCUT2D eigenvalue weighted by Crippen LogP contribution is 2.46. The number of amidine groups is 3. The molecule has 272 valence electrons. The first-order valence-electron chi connectivity index (χ1n) is 18.8. The van der Waals surface area contributed by atoms with Gasteiger partial charge >= 0.3 is 0 Å². The lowest BCUT2D eigenvalue weighted by atomic mass is 10.0. The van der Waals surface area contributed by atoms with Crippen LogP contribution in [0.2, 0.25) is 0 Å². The second kappa shape index (κ2) is 14.7. The van der Waals surface area contributed by atoms with E-state index in [1.54, 1.807) is 11.3 Å². The zero-order valence-electron chi connectivity index (χ0n) is 30.8. The first-order valence-corrected chi connectivity index (χ1v) is 19.6. The van der Waals surface area contributed by atoms with Crippen molar-refractivity contribution in [2.45, 2.75) is 12.6 Å². The highest BCUT2D eigenvalue weighted by molar-refractivity contribution is 7.20. The quantitative estimate of drug-likeness (QED) is 0.130. The van der Waals surface area contributed by atoms with E-state index >= 15 is 0 Å². The summed E-state index contributed by atoms with van der Waals surface area (Å²) in [7, 11) is 0. The molecule has 0 fully saturated rings. The zero-order valence-corrected chi connectivity index (χ0v) is 31.6. The molecular formula is C49H35N7S. The number of nitrogens with one attached hydrogen (secondary N) is 1. The van der Waals surface area contributed by atoms with Gasteiger partial charge in [-0.25, -0.2) is 9.98 Å². The summed E-state index contributed by atoms with van der Waals surface area (Å²) >= 11 is 1.75. The van der Waals surface area contributed by atoms with Gasteiger partial charge in [-0.2, -0.15) is 0 Å². The van der Waals surface area contributed by atoms with Crippen molar-refractivity contribution in [3.8, 4) is 5.69 Å². The summed E-state index contributed by atoms with van der Waals surface area (Å²) in [6.45, 7) is 4.29. The minimum Gasteiger partial charge on any atom is -0.338 e. The van der Waals surface area contributed by atoms with Crippen LogP contribution < -0.4 is 5.32 Å². The topological polar surface area (TPSA) is 79.3 Å². The summed E-state index contributed by atoms with van der Waals surface area (Å²) in [4.78, 5) is 26.0. The lowest BCUT2D eigenvalue weighted by Gasteiger charge is -2.24. The lowest BCUT2D eigenvalue weighted by Crippen LogP contribution is -2.22. The fourth-order valence-electron chi connectivity index (χ4n) is 7.64. The second-order valence-electron chi connectivity index (χ2n) is 13.8. The van der Waals surface area contributed by atoms with Crippen LogP contribution in [0.5, 0.6) is 0 Å². The number of para-hydroxylation sites is 3. The summed E-state index contributed by atoms with van der Waals surface area (Å²) in [5.41, 5.74) is 8.97. The van der Waals surface area contributed by atoms with Gasteiger partial charge in [0.15, 0.2) is 11.7 Å².